The van der Waals surface area contributed by atoms with Crippen LogP contribution >= 0.6 is 0 Å². The largest absolute Gasteiger partial charge is 0.393 e. The van der Waals surface area contributed by atoms with E-state index < -0.39 is 0 Å². The van der Waals surface area contributed by atoms with Gasteiger partial charge in [0.1, 0.15) is 0 Å². The van der Waals surface area contributed by atoms with Crippen molar-refractivity contribution in [2.75, 3.05) is 6.54 Å². The summed E-state index contributed by atoms with van der Waals surface area (Å²) in [5.41, 5.74) is 0. The molecule has 0 radical (unpaired) electrons. The van der Waals surface area contributed by atoms with Gasteiger partial charge in [0.25, 0.3) is 0 Å². The molecule has 0 saturated heterocycles. The average Bonchev–Trinajstić information content (AvgIpc) is 2.37. The van der Waals surface area contributed by atoms with E-state index in [1.807, 2.05) is 0 Å². The summed E-state index contributed by atoms with van der Waals surface area (Å²) in [6.45, 7) is 0.751. The van der Waals surface area contributed by atoms with Gasteiger partial charge >= 0.3 is 0 Å². The molecule has 1 aliphatic rings. The smallest absolute Gasteiger partial charge is 0.207 e. The predicted octanol–water partition coefficient (Wildman–Crippen LogP) is 0.283. The minimum Gasteiger partial charge on any atom is -0.393 e. The van der Waals surface area contributed by atoms with E-state index >= 15 is 0 Å². The van der Waals surface area contributed by atoms with Gasteiger partial charge in [0.05, 0.1) is 6.10 Å². The molecule has 0 unspecified atom stereocenters. The topological polar surface area (TPSA) is 49.3 Å². The van der Waals surface area contributed by atoms with Gasteiger partial charge < -0.3 is 10.4 Å². The normalized spacial score (nSPS) is 30.3. The molecule has 0 heterocycles. The Kier molecular flexibility index (Phi) is 3.36. The third-order valence-corrected chi connectivity index (χ3v) is 2.29. The summed E-state index contributed by atoms with van der Waals surface area (Å²) in [5.74, 6) is 0.623. The molecule has 1 aliphatic carbocycles. The Morgan fingerprint density at radius 1 is 1.55 bits per heavy atom. The molecule has 1 fully saturated rings. The van der Waals surface area contributed by atoms with Crippen molar-refractivity contribution in [2.45, 2.75) is 31.8 Å². The van der Waals surface area contributed by atoms with Crippen molar-refractivity contribution in [1.29, 1.82) is 0 Å². The summed E-state index contributed by atoms with van der Waals surface area (Å²) in [5, 5.41) is 11.8. The molecule has 0 spiro atoms. The van der Waals surface area contributed by atoms with Crippen LogP contribution in [0.25, 0.3) is 0 Å². The Balaban J connectivity index is 2.03. The number of carbonyl (C=O) groups excluding carboxylic acids is 1. The Labute approximate surface area is 66.8 Å². The minimum absolute atomic E-state index is 0.0868. The molecule has 11 heavy (non-hydrogen) atoms. The molecule has 0 aliphatic heterocycles. The van der Waals surface area contributed by atoms with Crippen LogP contribution in [0.2, 0.25) is 0 Å². The van der Waals surface area contributed by atoms with Crippen molar-refractivity contribution >= 4 is 6.41 Å². The van der Waals surface area contributed by atoms with Gasteiger partial charge in [0.2, 0.25) is 6.41 Å². The molecule has 3 nitrogen and oxygen atoms in total. The zero-order chi connectivity index (χ0) is 8.10. The molecule has 0 aromatic carbocycles. The van der Waals surface area contributed by atoms with E-state index in [1.54, 1.807) is 0 Å². The second kappa shape index (κ2) is 4.34. The summed E-state index contributed by atoms with van der Waals surface area (Å²) < 4.78 is 0. The van der Waals surface area contributed by atoms with Gasteiger partial charge in [-0.2, -0.15) is 0 Å². The van der Waals surface area contributed by atoms with Crippen LogP contribution in [0.1, 0.15) is 25.7 Å². The summed E-state index contributed by atoms with van der Waals surface area (Å²) in [6.07, 6.45) is 4.62. The third kappa shape index (κ3) is 2.89. The molecule has 1 rings (SSSR count). The zero-order valence-corrected chi connectivity index (χ0v) is 6.62. The molecule has 3 heteroatoms. The molecule has 2 atom stereocenters. The van der Waals surface area contributed by atoms with Gasteiger partial charge in [0.15, 0.2) is 0 Å². The van der Waals surface area contributed by atoms with Crippen molar-refractivity contribution in [3.8, 4) is 0 Å². The van der Waals surface area contributed by atoms with Crippen molar-refractivity contribution in [2.24, 2.45) is 5.92 Å². The summed E-state index contributed by atoms with van der Waals surface area (Å²) in [7, 11) is 0. The first-order chi connectivity index (χ1) is 5.33. The highest BCUT2D eigenvalue weighted by molar-refractivity contribution is 5.45. The monoisotopic (exact) mass is 157 g/mol. The maximum absolute atomic E-state index is 9.88. The molecule has 0 bridgehead atoms. The first-order valence-corrected chi connectivity index (χ1v) is 4.18. The Morgan fingerprint density at radius 3 is 2.91 bits per heavy atom. The summed E-state index contributed by atoms with van der Waals surface area (Å²) >= 11 is 0. The van der Waals surface area contributed by atoms with Crippen molar-refractivity contribution < 1.29 is 9.90 Å². The van der Waals surface area contributed by atoms with Crippen LogP contribution in [0.15, 0.2) is 0 Å². The number of aliphatic hydroxyl groups is 1. The second-order valence-corrected chi connectivity index (χ2v) is 3.19. The van der Waals surface area contributed by atoms with E-state index in [0.29, 0.717) is 5.92 Å². The number of hydrogen-bond acceptors (Lipinski definition) is 2. The highest BCUT2D eigenvalue weighted by atomic mass is 16.3. The van der Waals surface area contributed by atoms with Crippen LogP contribution in [0.5, 0.6) is 0 Å². The molecule has 0 aromatic heterocycles. The van der Waals surface area contributed by atoms with E-state index in [4.69, 9.17) is 5.11 Å². The predicted molar refractivity (Wildman–Crippen MR) is 42.0 cm³/mol. The lowest BCUT2D eigenvalue weighted by Crippen LogP contribution is -2.15. The van der Waals surface area contributed by atoms with Crippen LogP contribution in [-0.2, 0) is 4.79 Å². The summed E-state index contributed by atoms with van der Waals surface area (Å²) in [6, 6.07) is 0. The lowest BCUT2D eigenvalue weighted by molar-refractivity contribution is -0.109. The SMILES string of the molecule is O=CNCC[C@H]1CC[C@@H](O)C1. The lowest BCUT2D eigenvalue weighted by Gasteiger charge is -2.06. The second-order valence-electron chi connectivity index (χ2n) is 3.19. The molecular weight excluding hydrogens is 142 g/mol. The van der Waals surface area contributed by atoms with Crippen LogP contribution in [-0.4, -0.2) is 24.2 Å². The highest BCUT2D eigenvalue weighted by Gasteiger charge is 2.21. The molecule has 1 amide bonds. The van der Waals surface area contributed by atoms with Crippen LogP contribution in [0.4, 0.5) is 0 Å². The van der Waals surface area contributed by atoms with Gasteiger partial charge in [-0.3, -0.25) is 4.79 Å². The van der Waals surface area contributed by atoms with E-state index in [9.17, 15) is 4.79 Å². The van der Waals surface area contributed by atoms with Crippen LogP contribution < -0.4 is 5.32 Å². The Bertz CT molecular complexity index is 127. The van der Waals surface area contributed by atoms with Gasteiger partial charge in [0, 0.05) is 6.54 Å². The molecule has 2 N–H and O–H groups in total. The number of amides is 1. The fraction of sp³-hybridized carbons (Fsp3) is 0.875. The molecular formula is C8H15NO2. The molecule has 1 saturated carbocycles. The van der Waals surface area contributed by atoms with E-state index in [1.165, 1.54) is 0 Å². The zero-order valence-electron chi connectivity index (χ0n) is 6.62. The fourth-order valence-corrected chi connectivity index (χ4v) is 1.66. The van der Waals surface area contributed by atoms with E-state index in [2.05, 4.69) is 5.32 Å². The van der Waals surface area contributed by atoms with Gasteiger partial charge in [-0.05, 0) is 31.6 Å². The van der Waals surface area contributed by atoms with Gasteiger partial charge in [-0.25, -0.2) is 0 Å². The fourth-order valence-electron chi connectivity index (χ4n) is 1.66. The first-order valence-electron chi connectivity index (χ1n) is 4.18. The average molecular weight is 157 g/mol. The van der Waals surface area contributed by atoms with E-state index in [-0.39, 0.29) is 6.10 Å². The number of carbonyl (C=O) groups is 1. The Morgan fingerprint density at radius 2 is 2.36 bits per heavy atom. The lowest BCUT2D eigenvalue weighted by atomic mass is 10.0. The summed E-state index contributed by atoms with van der Waals surface area (Å²) in [4.78, 5) is 9.88. The quantitative estimate of drug-likeness (QED) is 0.455. The third-order valence-electron chi connectivity index (χ3n) is 2.29. The maximum Gasteiger partial charge on any atom is 0.207 e. The number of aliphatic hydroxyl groups excluding tert-OH is 1. The first kappa shape index (κ1) is 8.53. The highest BCUT2D eigenvalue weighted by Crippen LogP contribution is 2.27. The maximum atomic E-state index is 9.88. The van der Waals surface area contributed by atoms with Gasteiger partial charge in [-0.1, -0.05) is 0 Å². The van der Waals surface area contributed by atoms with Gasteiger partial charge in [-0.15, -0.1) is 0 Å². The van der Waals surface area contributed by atoms with Crippen molar-refractivity contribution in [3.05, 3.63) is 0 Å². The van der Waals surface area contributed by atoms with Crippen LogP contribution in [0.3, 0.4) is 0 Å². The molecule has 0 aromatic rings. The molecule has 64 valence electrons. The number of rotatable bonds is 4. The Hall–Kier alpha value is -0.570. The van der Waals surface area contributed by atoms with Crippen molar-refractivity contribution in [1.82, 2.24) is 5.32 Å². The number of nitrogens with one attached hydrogen (secondary N) is 1. The van der Waals surface area contributed by atoms with E-state index in [0.717, 1.165) is 38.6 Å². The minimum atomic E-state index is -0.0868. The number of hydrogen-bond donors (Lipinski definition) is 2. The standard InChI is InChI=1S/C8H15NO2/c10-6-9-4-3-7-1-2-8(11)5-7/h6-8,11H,1-5H2,(H,9,10)/t7-,8-/m1/s1. The van der Waals surface area contributed by atoms with Crippen molar-refractivity contribution in [3.63, 3.8) is 0 Å². The van der Waals surface area contributed by atoms with Crippen LogP contribution in [0, 0.1) is 5.92 Å².